The van der Waals surface area contributed by atoms with Crippen LogP contribution in [0.4, 0.5) is 5.69 Å². The quantitative estimate of drug-likeness (QED) is 0.424. The maximum absolute atomic E-state index is 13.3. The molecular weight excluding hydrogens is 468 g/mol. The second-order valence-electron chi connectivity index (χ2n) is 8.50. The van der Waals surface area contributed by atoms with E-state index in [2.05, 4.69) is 28.8 Å². The van der Waals surface area contributed by atoms with Crippen LogP contribution in [0.2, 0.25) is 0 Å². The second kappa shape index (κ2) is 8.57. The van der Waals surface area contributed by atoms with Gasteiger partial charge in [0.25, 0.3) is 0 Å². The van der Waals surface area contributed by atoms with Gasteiger partial charge in [-0.25, -0.2) is 18.5 Å². The highest BCUT2D eigenvalue weighted by Crippen LogP contribution is 2.35. The number of aryl methyl sites for hydroxylation is 1. The molecule has 9 heteroatoms. The molecule has 0 saturated heterocycles. The molecule has 3 aromatic carbocycles. The molecule has 0 spiro atoms. The lowest BCUT2D eigenvalue weighted by Crippen LogP contribution is -2.37. The number of hydrogen-bond acceptors (Lipinski definition) is 5. The van der Waals surface area contributed by atoms with Crippen LogP contribution >= 0.6 is 11.8 Å². The molecule has 7 nitrogen and oxygen atoms in total. The fourth-order valence-electron chi connectivity index (χ4n) is 4.40. The number of sulfonamides is 1. The highest BCUT2D eigenvalue weighted by molar-refractivity contribution is 7.99. The third kappa shape index (κ3) is 4.11. The summed E-state index contributed by atoms with van der Waals surface area (Å²) in [7, 11) is -3.79. The number of thioether (sulfide) groups is 1. The van der Waals surface area contributed by atoms with E-state index in [1.54, 1.807) is 17.0 Å². The molecule has 1 aliphatic rings. The molecule has 2 N–H and O–H groups in total. The van der Waals surface area contributed by atoms with E-state index in [1.165, 1.54) is 23.4 Å². The summed E-state index contributed by atoms with van der Waals surface area (Å²) in [6.07, 6.45) is 0.580. The Kier molecular flexibility index (Phi) is 5.71. The number of nitrogens with two attached hydrogens (primary N) is 1. The number of carbonyl (C=O) groups excluding carboxylic acids is 1. The molecule has 0 fully saturated rings. The van der Waals surface area contributed by atoms with Crippen molar-refractivity contribution in [3.63, 3.8) is 0 Å². The van der Waals surface area contributed by atoms with Crippen LogP contribution in [0.1, 0.15) is 18.1 Å². The Morgan fingerprint density at radius 3 is 2.59 bits per heavy atom. The number of aromatic nitrogens is 2. The molecule has 4 aromatic rings. The molecule has 0 radical (unpaired) electrons. The summed E-state index contributed by atoms with van der Waals surface area (Å²) < 4.78 is 25.5. The van der Waals surface area contributed by atoms with Crippen molar-refractivity contribution in [1.29, 1.82) is 0 Å². The first-order valence-electron chi connectivity index (χ1n) is 10.9. The fraction of sp³-hybridized carbons (Fsp3) is 0.200. The zero-order chi connectivity index (χ0) is 24.0. The molecule has 1 atom stereocenters. The van der Waals surface area contributed by atoms with E-state index in [0.717, 1.165) is 33.1 Å². The Bertz CT molecular complexity index is 1510. The second-order valence-corrected chi connectivity index (χ2v) is 11.0. The average Bonchev–Trinajstić information content (AvgIpc) is 3.33. The van der Waals surface area contributed by atoms with E-state index < -0.39 is 10.0 Å². The molecular formula is C25H24N4O3S2. The number of hydrogen-bond donors (Lipinski definition) is 1. The molecule has 1 aliphatic heterocycles. The van der Waals surface area contributed by atoms with E-state index in [-0.39, 0.29) is 22.6 Å². The van der Waals surface area contributed by atoms with Crippen LogP contribution in [-0.2, 0) is 21.2 Å². The maximum atomic E-state index is 13.3. The predicted octanol–water partition coefficient (Wildman–Crippen LogP) is 4.05. The summed E-state index contributed by atoms with van der Waals surface area (Å²) >= 11 is 1.40. The molecule has 0 aliphatic carbocycles. The molecule has 2 heterocycles. The van der Waals surface area contributed by atoms with Gasteiger partial charge in [0.05, 0.1) is 21.7 Å². The van der Waals surface area contributed by atoms with Crippen molar-refractivity contribution in [2.24, 2.45) is 5.14 Å². The summed E-state index contributed by atoms with van der Waals surface area (Å²) in [4.78, 5) is 19.9. The van der Waals surface area contributed by atoms with Crippen molar-refractivity contribution in [3.05, 3.63) is 77.9 Å². The topological polar surface area (TPSA) is 98.3 Å². The monoisotopic (exact) mass is 492 g/mol. The van der Waals surface area contributed by atoms with Gasteiger partial charge in [0.2, 0.25) is 15.9 Å². The van der Waals surface area contributed by atoms with Crippen molar-refractivity contribution in [1.82, 2.24) is 9.55 Å². The summed E-state index contributed by atoms with van der Waals surface area (Å²) in [5.74, 6) is 0.151. The Balaban J connectivity index is 1.43. The van der Waals surface area contributed by atoms with Crippen LogP contribution in [0.3, 0.4) is 0 Å². The van der Waals surface area contributed by atoms with Crippen molar-refractivity contribution in [2.45, 2.75) is 36.4 Å². The first-order valence-corrected chi connectivity index (χ1v) is 13.4. The minimum absolute atomic E-state index is 0.0536. The Labute approximate surface area is 202 Å². The van der Waals surface area contributed by atoms with Gasteiger partial charge < -0.3 is 4.90 Å². The summed E-state index contributed by atoms with van der Waals surface area (Å²) in [5.41, 5.74) is 5.56. The average molecular weight is 493 g/mol. The summed E-state index contributed by atoms with van der Waals surface area (Å²) in [6, 6.07) is 20.8. The molecule has 34 heavy (non-hydrogen) atoms. The molecule has 1 amide bonds. The standard InChI is InChI=1S/C25H24N4O3S2/c1-16-7-9-19(10-8-16)29-23-6-4-3-5-21(23)27-25(29)33-15-24(30)28-17(2)13-18-14-20(34(26,31)32)11-12-22(18)28/h3-12,14,17H,13,15H2,1-2H3,(H2,26,31,32). The third-order valence-electron chi connectivity index (χ3n) is 6.01. The van der Waals surface area contributed by atoms with Gasteiger partial charge in [-0.05, 0) is 68.3 Å². The van der Waals surface area contributed by atoms with Crippen molar-refractivity contribution in [2.75, 3.05) is 10.7 Å². The van der Waals surface area contributed by atoms with Crippen LogP contribution in [0.5, 0.6) is 0 Å². The van der Waals surface area contributed by atoms with E-state index in [4.69, 9.17) is 10.1 Å². The number of carbonyl (C=O) groups is 1. The minimum Gasteiger partial charge on any atom is -0.308 e. The SMILES string of the molecule is Cc1ccc(-n2c(SCC(=O)N3c4ccc(S(N)(=O)=O)cc4CC3C)nc3ccccc32)cc1. The number of imidazole rings is 1. The number of anilines is 1. The number of para-hydroxylation sites is 2. The number of primary sulfonamides is 1. The summed E-state index contributed by atoms with van der Waals surface area (Å²) in [6.45, 7) is 4.01. The molecule has 5 rings (SSSR count). The van der Waals surface area contributed by atoms with Crippen LogP contribution in [0.25, 0.3) is 16.7 Å². The first kappa shape index (κ1) is 22.6. The van der Waals surface area contributed by atoms with Gasteiger partial charge in [-0.1, -0.05) is 41.6 Å². The van der Waals surface area contributed by atoms with Gasteiger partial charge >= 0.3 is 0 Å². The van der Waals surface area contributed by atoms with Gasteiger partial charge in [0, 0.05) is 17.4 Å². The maximum Gasteiger partial charge on any atom is 0.238 e. The van der Waals surface area contributed by atoms with Gasteiger partial charge in [0.15, 0.2) is 5.16 Å². The number of fused-ring (bicyclic) bond motifs is 2. The molecule has 0 bridgehead atoms. The van der Waals surface area contributed by atoms with Crippen LogP contribution in [0.15, 0.2) is 76.8 Å². The Morgan fingerprint density at radius 1 is 1.12 bits per heavy atom. The third-order valence-corrected chi connectivity index (χ3v) is 7.85. The molecule has 1 unspecified atom stereocenters. The first-order chi connectivity index (χ1) is 16.2. The lowest BCUT2D eigenvalue weighted by atomic mass is 10.1. The van der Waals surface area contributed by atoms with Gasteiger partial charge in [0.1, 0.15) is 0 Å². The Hall–Kier alpha value is -3.14. The van der Waals surface area contributed by atoms with Gasteiger partial charge in [-0.3, -0.25) is 9.36 Å². The van der Waals surface area contributed by atoms with Crippen LogP contribution in [0, 0.1) is 6.92 Å². The number of benzene rings is 3. The van der Waals surface area contributed by atoms with Crippen molar-refractivity contribution in [3.8, 4) is 5.69 Å². The van der Waals surface area contributed by atoms with E-state index in [1.807, 2.05) is 38.1 Å². The number of nitrogens with zero attached hydrogens (tertiary/aromatic N) is 3. The normalized spacial score (nSPS) is 15.6. The van der Waals surface area contributed by atoms with Gasteiger partial charge in [-0.15, -0.1) is 0 Å². The minimum atomic E-state index is -3.79. The van der Waals surface area contributed by atoms with Gasteiger partial charge in [-0.2, -0.15) is 0 Å². The summed E-state index contributed by atoms with van der Waals surface area (Å²) in [5, 5.41) is 6.02. The number of rotatable bonds is 5. The zero-order valence-corrected chi connectivity index (χ0v) is 20.4. The molecule has 174 valence electrons. The van der Waals surface area contributed by atoms with Crippen LogP contribution in [-0.4, -0.2) is 35.7 Å². The van der Waals surface area contributed by atoms with Crippen LogP contribution < -0.4 is 10.0 Å². The van der Waals surface area contributed by atoms with E-state index in [0.29, 0.717) is 6.42 Å². The smallest absolute Gasteiger partial charge is 0.238 e. The van der Waals surface area contributed by atoms with E-state index in [9.17, 15) is 13.2 Å². The molecule has 1 aromatic heterocycles. The highest BCUT2D eigenvalue weighted by atomic mass is 32.2. The van der Waals surface area contributed by atoms with Crippen molar-refractivity contribution < 1.29 is 13.2 Å². The molecule has 0 saturated carbocycles. The fourth-order valence-corrected chi connectivity index (χ4v) is 5.86. The largest absolute Gasteiger partial charge is 0.308 e. The lowest BCUT2D eigenvalue weighted by molar-refractivity contribution is -0.116. The number of amides is 1. The Morgan fingerprint density at radius 2 is 1.85 bits per heavy atom. The highest BCUT2D eigenvalue weighted by Gasteiger charge is 2.32. The predicted molar refractivity (Wildman–Crippen MR) is 135 cm³/mol. The van der Waals surface area contributed by atoms with Crippen molar-refractivity contribution >= 4 is 44.4 Å². The zero-order valence-electron chi connectivity index (χ0n) is 18.8. The van der Waals surface area contributed by atoms with E-state index >= 15 is 0 Å². The lowest BCUT2D eigenvalue weighted by Gasteiger charge is -2.22.